The quantitative estimate of drug-likeness (QED) is 0.844. The van der Waals surface area contributed by atoms with Gasteiger partial charge in [0.25, 0.3) is 0 Å². The van der Waals surface area contributed by atoms with Gasteiger partial charge in [-0.25, -0.2) is 4.68 Å². The molecule has 0 saturated carbocycles. The second-order valence-corrected chi connectivity index (χ2v) is 7.81. The molecule has 6 heteroatoms. The summed E-state index contributed by atoms with van der Waals surface area (Å²) in [5.74, 6) is 0. The van der Waals surface area contributed by atoms with E-state index in [2.05, 4.69) is 67.4 Å². The Hall–Kier alpha value is -1.24. The van der Waals surface area contributed by atoms with E-state index in [9.17, 15) is 0 Å². The van der Waals surface area contributed by atoms with Crippen molar-refractivity contribution < 1.29 is 0 Å². The van der Waals surface area contributed by atoms with Gasteiger partial charge in [0.2, 0.25) is 5.13 Å². The first-order chi connectivity index (χ1) is 9.83. The van der Waals surface area contributed by atoms with Crippen molar-refractivity contribution in [2.24, 2.45) is 0 Å². The molecule has 4 nitrogen and oxygen atoms in total. The van der Waals surface area contributed by atoms with Crippen LogP contribution in [0.4, 0.5) is 5.13 Å². The highest BCUT2D eigenvalue weighted by molar-refractivity contribution is 7.73. The van der Waals surface area contributed by atoms with Crippen LogP contribution >= 0.6 is 23.6 Å². The van der Waals surface area contributed by atoms with Gasteiger partial charge in [0.1, 0.15) is 0 Å². The summed E-state index contributed by atoms with van der Waals surface area (Å²) in [7, 11) is 2.07. The van der Waals surface area contributed by atoms with Gasteiger partial charge in [-0.2, -0.15) is 0 Å². The molecule has 2 aromatic rings. The topological polar surface area (TPSA) is 33.1 Å². The summed E-state index contributed by atoms with van der Waals surface area (Å²) < 4.78 is 2.67. The number of benzene rings is 1. The van der Waals surface area contributed by atoms with Gasteiger partial charge in [0, 0.05) is 12.1 Å². The molecule has 0 aliphatic rings. The summed E-state index contributed by atoms with van der Waals surface area (Å²) >= 11 is 6.92. The van der Waals surface area contributed by atoms with E-state index in [1.165, 1.54) is 16.9 Å². The fourth-order valence-electron chi connectivity index (χ4n) is 1.94. The van der Waals surface area contributed by atoms with Crippen LogP contribution in [0.15, 0.2) is 30.3 Å². The maximum Gasteiger partial charge on any atom is 0.205 e. The van der Waals surface area contributed by atoms with Gasteiger partial charge in [-0.3, -0.25) is 4.90 Å². The normalized spacial score (nSPS) is 11.9. The van der Waals surface area contributed by atoms with Crippen molar-refractivity contribution in [3.63, 3.8) is 0 Å². The van der Waals surface area contributed by atoms with Crippen LogP contribution in [0.2, 0.25) is 0 Å². The summed E-state index contributed by atoms with van der Waals surface area (Å²) in [5, 5.41) is 8.80. The van der Waals surface area contributed by atoms with Crippen molar-refractivity contribution in [3.05, 3.63) is 39.8 Å². The van der Waals surface area contributed by atoms with Crippen LogP contribution in [0.5, 0.6) is 0 Å². The lowest BCUT2D eigenvalue weighted by Gasteiger charge is -2.19. The monoisotopic (exact) mass is 322 g/mol. The van der Waals surface area contributed by atoms with Gasteiger partial charge >= 0.3 is 0 Å². The van der Waals surface area contributed by atoms with Crippen molar-refractivity contribution in [1.82, 2.24) is 14.7 Å². The minimum absolute atomic E-state index is 0.00655. The molecule has 0 atom stereocenters. The number of anilines is 1. The predicted molar refractivity (Wildman–Crippen MR) is 92.2 cm³/mol. The Morgan fingerprint density at radius 1 is 1.29 bits per heavy atom. The third-order valence-electron chi connectivity index (χ3n) is 2.76. The number of hydrogen-bond donors (Lipinski definition) is 1. The Kier molecular flexibility index (Phi) is 5.13. The Bertz CT molecular complexity index is 625. The van der Waals surface area contributed by atoms with Crippen LogP contribution in [0.1, 0.15) is 26.3 Å². The lowest BCUT2D eigenvalue weighted by Crippen LogP contribution is -2.26. The largest absolute Gasteiger partial charge is 0.356 e. The summed E-state index contributed by atoms with van der Waals surface area (Å²) in [5.41, 5.74) is 1.28. The van der Waals surface area contributed by atoms with E-state index in [1.54, 1.807) is 0 Å². The van der Waals surface area contributed by atoms with E-state index < -0.39 is 0 Å². The molecule has 0 aliphatic carbocycles. The average molecular weight is 323 g/mol. The fourth-order valence-corrected chi connectivity index (χ4v) is 3.14. The molecule has 114 valence electrons. The molecule has 0 saturated heterocycles. The molecule has 0 radical (unpaired) electrons. The zero-order valence-corrected chi connectivity index (χ0v) is 14.6. The van der Waals surface area contributed by atoms with Crippen molar-refractivity contribution in [3.8, 4) is 0 Å². The highest BCUT2D eigenvalue weighted by atomic mass is 32.1. The first-order valence-electron chi connectivity index (χ1n) is 6.92. The van der Waals surface area contributed by atoms with Crippen molar-refractivity contribution >= 4 is 28.7 Å². The SMILES string of the molecule is CN(Cc1ccccc1)Cn1nc(NC(C)(C)C)sc1=S. The summed E-state index contributed by atoms with van der Waals surface area (Å²) in [4.78, 5) is 2.20. The van der Waals surface area contributed by atoms with E-state index in [4.69, 9.17) is 12.2 Å². The van der Waals surface area contributed by atoms with Gasteiger partial charge in [-0.15, -0.1) is 5.10 Å². The molecule has 0 unspecified atom stereocenters. The molecule has 21 heavy (non-hydrogen) atoms. The van der Waals surface area contributed by atoms with Gasteiger partial charge in [0.05, 0.1) is 6.67 Å². The van der Waals surface area contributed by atoms with Crippen LogP contribution in [0.25, 0.3) is 0 Å². The van der Waals surface area contributed by atoms with Crippen molar-refractivity contribution in [1.29, 1.82) is 0 Å². The van der Waals surface area contributed by atoms with Crippen molar-refractivity contribution in [2.75, 3.05) is 12.4 Å². The molecule has 1 aromatic carbocycles. The zero-order valence-electron chi connectivity index (χ0n) is 13.0. The lowest BCUT2D eigenvalue weighted by molar-refractivity contribution is 0.245. The van der Waals surface area contributed by atoms with E-state index in [1.807, 2.05) is 10.7 Å². The summed E-state index contributed by atoms with van der Waals surface area (Å²) in [6.45, 7) is 7.91. The van der Waals surface area contributed by atoms with Crippen LogP contribution < -0.4 is 5.32 Å². The molecule has 2 rings (SSSR count). The minimum atomic E-state index is -0.00655. The number of nitrogens with zero attached hydrogens (tertiary/aromatic N) is 3. The van der Waals surface area contributed by atoms with Crippen molar-refractivity contribution in [2.45, 2.75) is 39.5 Å². The Morgan fingerprint density at radius 3 is 2.57 bits per heavy atom. The van der Waals surface area contributed by atoms with Crippen LogP contribution in [0.3, 0.4) is 0 Å². The van der Waals surface area contributed by atoms with E-state index in [-0.39, 0.29) is 5.54 Å². The fraction of sp³-hybridized carbons (Fsp3) is 0.467. The maximum atomic E-state index is 5.40. The van der Waals surface area contributed by atoms with Gasteiger partial charge < -0.3 is 5.32 Å². The molecule has 0 amide bonds. The number of nitrogens with one attached hydrogen (secondary N) is 1. The van der Waals surface area contributed by atoms with Gasteiger partial charge in [-0.1, -0.05) is 41.7 Å². The first kappa shape index (κ1) is 16.1. The summed E-state index contributed by atoms with van der Waals surface area (Å²) in [6.07, 6.45) is 0. The highest BCUT2D eigenvalue weighted by Crippen LogP contribution is 2.19. The average Bonchev–Trinajstić information content (AvgIpc) is 2.68. The third-order valence-corrected chi connectivity index (χ3v) is 3.98. The summed E-state index contributed by atoms with van der Waals surface area (Å²) in [6, 6.07) is 10.4. The van der Waals surface area contributed by atoms with E-state index in [0.717, 1.165) is 15.6 Å². The molecule has 0 bridgehead atoms. The van der Waals surface area contributed by atoms with Crippen LogP contribution in [0, 0.1) is 3.95 Å². The van der Waals surface area contributed by atoms with E-state index >= 15 is 0 Å². The number of aromatic nitrogens is 2. The number of rotatable bonds is 5. The van der Waals surface area contributed by atoms with Crippen LogP contribution in [-0.4, -0.2) is 27.3 Å². The molecule has 1 heterocycles. The molecule has 1 aromatic heterocycles. The zero-order chi connectivity index (χ0) is 15.5. The molecule has 0 aliphatic heterocycles. The molecular formula is C15H22N4S2. The first-order valence-corrected chi connectivity index (χ1v) is 8.14. The van der Waals surface area contributed by atoms with Crippen LogP contribution in [-0.2, 0) is 13.2 Å². The second-order valence-electron chi connectivity index (χ2n) is 6.19. The highest BCUT2D eigenvalue weighted by Gasteiger charge is 2.13. The Morgan fingerprint density at radius 2 is 1.95 bits per heavy atom. The molecular weight excluding hydrogens is 300 g/mol. The smallest absolute Gasteiger partial charge is 0.205 e. The maximum absolute atomic E-state index is 5.40. The molecule has 0 spiro atoms. The Labute approximate surface area is 135 Å². The molecule has 1 N–H and O–H groups in total. The number of hydrogen-bond acceptors (Lipinski definition) is 5. The lowest BCUT2D eigenvalue weighted by atomic mass is 10.1. The van der Waals surface area contributed by atoms with E-state index in [0.29, 0.717) is 6.67 Å². The minimum Gasteiger partial charge on any atom is -0.356 e. The predicted octanol–water partition coefficient (Wildman–Crippen LogP) is 3.97. The van der Waals surface area contributed by atoms with Gasteiger partial charge in [0.15, 0.2) is 3.95 Å². The standard InChI is InChI=1S/C15H22N4S2/c1-15(2,3)16-13-17-19(14(20)21-13)11-18(4)10-12-8-6-5-7-9-12/h5-9H,10-11H2,1-4H3,(H,16,17). The van der Waals surface area contributed by atoms with Gasteiger partial charge in [-0.05, 0) is 45.6 Å². The molecule has 0 fully saturated rings. The Balaban J connectivity index is 2.01. The second kappa shape index (κ2) is 6.68. The third kappa shape index (κ3) is 5.22.